The molecule has 3 aromatic rings. The SMILES string of the molecule is Cc1c(C(=O)Nc2cc3c(cc2Br)OCCO3)cnn1-c1cccc(C(F)(F)F)c1. The smallest absolute Gasteiger partial charge is 0.416 e. The molecule has 0 saturated heterocycles. The molecule has 30 heavy (non-hydrogen) atoms. The Morgan fingerprint density at radius 2 is 1.87 bits per heavy atom. The summed E-state index contributed by atoms with van der Waals surface area (Å²) in [6.07, 6.45) is -3.15. The zero-order valence-electron chi connectivity index (χ0n) is 15.6. The highest BCUT2D eigenvalue weighted by atomic mass is 79.9. The van der Waals surface area contributed by atoms with Crippen molar-refractivity contribution in [2.75, 3.05) is 18.5 Å². The van der Waals surface area contributed by atoms with Crippen molar-refractivity contribution in [1.82, 2.24) is 9.78 Å². The molecule has 0 aliphatic carbocycles. The fourth-order valence-corrected chi connectivity index (χ4v) is 3.48. The number of fused-ring (bicyclic) bond motifs is 1. The maximum atomic E-state index is 13.0. The van der Waals surface area contributed by atoms with Crippen LogP contribution in [0.5, 0.6) is 11.5 Å². The number of nitrogens with one attached hydrogen (secondary N) is 1. The molecule has 0 fully saturated rings. The molecule has 10 heteroatoms. The molecule has 1 aliphatic heterocycles. The molecule has 0 unspecified atom stereocenters. The van der Waals surface area contributed by atoms with Crippen molar-refractivity contribution >= 4 is 27.5 Å². The minimum Gasteiger partial charge on any atom is -0.486 e. The molecule has 6 nitrogen and oxygen atoms in total. The quantitative estimate of drug-likeness (QED) is 0.572. The summed E-state index contributed by atoms with van der Waals surface area (Å²) in [5.41, 5.74) is 0.521. The first-order valence-electron chi connectivity index (χ1n) is 8.87. The third-order valence-corrected chi connectivity index (χ3v) is 5.21. The number of carbonyl (C=O) groups excluding carboxylic acids is 1. The molecule has 4 rings (SSSR count). The first-order chi connectivity index (χ1) is 14.2. The van der Waals surface area contributed by atoms with Crippen LogP contribution in [-0.4, -0.2) is 28.9 Å². The summed E-state index contributed by atoms with van der Waals surface area (Å²) < 4.78 is 51.9. The largest absolute Gasteiger partial charge is 0.486 e. The van der Waals surface area contributed by atoms with Gasteiger partial charge in [-0.05, 0) is 41.1 Å². The lowest BCUT2D eigenvalue weighted by Gasteiger charge is -2.20. The fourth-order valence-electron chi connectivity index (χ4n) is 3.06. The minimum atomic E-state index is -4.47. The summed E-state index contributed by atoms with van der Waals surface area (Å²) in [7, 11) is 0. The number of alkyl halides is 3. The van der Waals surface area contributed by atoms with Crippen molar-refractivity contribution < 1.29 is 27.4 Å². The van der Waals surface area contributed by atoms with E-state index in [0.717, 1.165) is 12.1 Å². The van der Waals surface area contributed by atoms with E-state index in [9.17, 15) is 18.0 Å². The van der Waals surface area contributed by atoms with Crippen LogP contribution >= 0.6 is 15.9 Å². The lowest BCUT2D eigenvalue weighted by atomic mass is 10.2. The van der Waals surface area contributed by atoms with Crippen LogP contribution in [0, 0.1) is 6.92 Å². The van der Waals surface area contributed by atoms with Gasteiger partial charge in [0.15, 0.2) is 11.5 Å². The molecular formula is C20H15BrF3N3O3. The topological polar surface area (TPSA) is 65.4 Å². The molecule has 1 aromatic heterocycles. The van der Waals surface area contributed by atoms with E-state index in [2.05, 4.69) is 26.3 Å². The van der Waals surface area contributed by atoms with Crippen LogP contribution in [0.3, 0.4) is 0 Å². The van der Waals surface area contributed by atoms with Crippen molar-refractivity contribution in [3.05, 3.63) is 63.9 Å². The van der Waals surface area contributed by atoms with Gasteiger partial charge in [0.1, 0.15) is 13.2 Å². The van der Waals surface area contributed by atoms with Crippen molar-refractivity contribution in [3.8, 4) is 17.2 Å². The number of nitrogens with zero attached hydrogens (tertiary/aromatic N) is 2. The summed E-state index contributed by atoms with van der Waals surface area (Å²) in [6, 6.07) is 8.10. The van der Waals surface area contributed by atoms with Crippen LogP contribution in [-0.2, 0) is 6.18 Å². The van der Waals surface area contributed by atoms with E-state index in [1.54, 1.807) is 19.1 Å². The number of aromatic nitrogens is 2. The van der Waals surface area contributed by atoms with E-state index >= 15 is 0 Å². The standard InChI is InChI=1S/C20H15BrF3N3O3/c1-11-14(10-25-27(11)13-4-2-3-12(7-13)20(22,23)24)19(28)26-16-9-18-17(8-15(16)21)29-5-6-30-18/h2-4,7-10H,5-6H2,1H3,(H,26,28). The predicted molar refractivity (Wildman–Crippen MR) is 106 cm³/mol. The number of carbonyl (C=O) groups is 1. The highest BCUT2D eigenvalue weighted by molar-refractivity contribution is 9.10. The van der Waals surface area contributed by atoms with Crippen LogP contribution in [0.25, 0.3) is 5.69 Å². The van der Waals surface area contributed by atoms with E-state index in [0.29, 0.717) is 40.6 Å². The number of halogens is 4. The Morgan fingerprint density at radius 3 is 2.57 bits per heavy atom. The van der Waals surface area contributed by atoms with Gasteiger partial charge in [-0.25, -0.2) is 4.68 Å². The van der Waals surface area contributed by atoms with Crippen LogP contribution < -0.4 is 14.8 Å². The van der Waals surface area contributed by atoms with Gasteiger partial charge in [0, 0.05) is 16.6 Å². The summed E-state index contributed by atoms with van der Waals surface area (Å²) in [5.74, 6) is 0.624. The number of hydrogen-bond donors (Lipinski definition) is 1. The van der Waals surface area contributed by atoms with E-state index < -0.39 is 17.6 Å². The van der Waals surface area contributed by atoms with Crippen LogP contribution in [0.4, 0.5) is 18.9 Å². The summed E-state index contributed by atoms with van der Waals surface area (Å²) in [4.78, 5) is 12.8. The first kappa shape index (κ1) is 20.3. The monoisotopic (exact) mass is 481 g/mol. The number of hydrogen-bond acceptors (Lipinski definition) is 4. The highest BCUT2D eigenvalue weighted by Gasteiger charge is 2.31. The molecule has 1 N–H and O–H groups in total. The Hall–Kier alpha value is -3.01. The van der Waals surface area contributed by atoms with Gasteiger partial charge in [0.2, 0.25) is 0 Å². The number of anilines is 1. The van der Waals surface area contributed by atoms with Crippen LogP contribution in [0.1, 0.15) is 21.6 Å². The van der Waals surface area contributed by atoms with Gasteiger partial charge in [0.05, 0.1) is 34.4 Å². The number of ether oxygens (including phenoxy) is 2. The Kier molecular flexibility index (Phi) is 5.19. The molecule has 156 valence electrons. The van der Waals surface area contributed by atoms with Crippen LogP contribution in [0.15, 0.2) is 47.1 Å². The third-order valence-electron chi connectivity index (χ3n) is 4.55. The Labute approximate surface area is 177 Å². The molecule has 0 saturated carbocycles. The zero-order valence-corrected chi connectivity index (χ0v) is 17.2. The normalized spacial score (nSPS) is 13.2. The minimum absolute atomic E-state index is 0.210. The number of rotatable bonds is 3. The van der Waals surface area contributed by atoms with E-state index in [-0.39, 0.29) is 11.3 Å². The van der Waals surface area contributed by atoms with Gasteiger partial charge in [0.25, 0.3) is 5.91 Å². The summed E-state index contributed by atoms with van der Waals surface area (Å²) in [6.45, 7) is 2.46. The Balaban J connectivity index is 1.61. The molecule has 1 amide bonds. The average Bonchev–Trinajstić information content (AvgIpc) is 3.09. The second-order valence-electron chi connectivity index (χ2n) is 6.53. The molecule has 0 radical (unpaired) electrons. The van der Waals surface area contributed by atoms with Crippen molar-refractivity contribution in [1.29, 1.82) is 0 Å². The number of benzene rings is 2. The van der Waals surface area contributed by atoms with Gasteiger partial charge in [-0.3, -0.25) is 4.79 Å². The summed E-state index contributed by atoms with van der Waals surface area (Å²) in [5, 5.41) is 6.86. The molecule has 2 aromatic carbocycles. The maximum Gasteiger partial charge on any atom is 0.416 e. The molecule has 0 bridgehead atoms. The zero-order chi connectivity index (χ0) is 21.5. The lowest BCUT2D eigenvalue weighted by molar-refractivity contribution is -0.137. The molecule has 2 heterocycles. The second kappa shape index (κ2) is 7.67. The molecule has 0 atom stereocenters. The van der Waals surface area contributed by atoms with E-state index in [1.165, 1.54) is 23.0 Å². The second-order valence-corrected chi connectivity index (χ2v) is 7.39. The van der Waals surface area contributed by atoms with Gasteiger partial charge in [-0.15, -0.1) is 0 Å². The third kappa shape index (κ3) is 3.87. The van der Waals surface area contributed by atoms with E-state index in [4.69, 9.17) is 9.47 Å². The molecule has 0 spiro atoms. The average molecular weight is 482 g/mol. The van der Waals surface area contributed by atoms with Crippen molar-refractivity contribution in [3.63, 3.8) is 0 Å². The lowest BCUT2D eigenvalue weighted by Crippen LogP contribution is -2.17. The fraction of sp³-hybridized carbons (Fsp3) is 0.200. The Morgan fingerprint density at radius 1 is 1.17 bits per heavy atom. The predicted octanol–water partition coefficient (Wildman–Crippen LogP) is 4.99. The van der Waals surface area contributed by atoms with Gasteiger partial charge in [-0.2, -0.15) is 18.3 Å². The summed E-state index contributed by atoms with van der Waals surface area (Å²) >= 11 is 3.39. The van der Waals surface area contributed by atoms with Gasteiger partial charge in [-0.1, -0.05) is 6.07 Å². The van der Waals surface area contributed by atoms with Crippen molar-refractivity contribution in [2.24, 2.45) is 0 Å². The van der Waals surface area contributed by atoms with Crippen LogP contribution in [0.2, 0.25) is 0 Å². The Bertz CT molecular complexity index is 1130. The highest BCUT2D eigenvalue weighted by Crippen LogP contribution is 2.38. The first-order valence-corrected chi connectivity index (χ1v) is 9.66. The molecular weight excluding hydrogens is 467 g/mol. The van der Waals surface area contributed by atoms with Gasteiger partial charge >= 0.3 is 6.18 Å². The van der Waals surface area contributed by atoms with Crippen molar-refractivity contribution in [2.45, 2.75) is 13.1 Å². The number of amides is 1. The molecule has 1 aliphatic rings. The van der Waals surface area contributed by atoms with Gasteiger partial charge < -0.3 is 14.8 Å². The maximum absolute atomic E-state index is 13.0. The van der Waals surface area contributed by atoms with E-state index in [1.807, 2.05) is 0 Å².